The molecule has 0 aromatic rings. The number of nitrogens with two attached hydrogens (primary N) is 1. The number of halogens is 1. The van der Waals surface area contributed by atoms with Crippen LogP contribution in [0.4, 0.5) is 0 Å². The van der Waals surface area contributed by atoms with Gasteiger partial charge in [0.05, 0.1) is 6.04 Å². The van der Waals surface area contributed by atoms with Crippen LogP contribution in [-0.4, -0.2) is 18.0 Å². The van der Waals surface area contributed by atoms with Crippen molar-refractivity contribution in [2.24, 2.45) is 11.7 Å². The van der Waals surface area contributed by atoms with Crippen molar-refractivity contribution < 1.29 is 4.79 Å². The van der Waals surface area contributed by atoms with Gasteiger partial charge in [-0.2, -0.15) is 0 Å². The topological polar surface area (TPSA) is 55.1 Å². The first kappa shape index (κ1) is 14.7. The Kier molecular flexibility index (Phi) is 6.94. The molecule has 1 rings (SSSR count). The smallest absolute Gasteiger partial charge is 0.237 e. The van der Waals surface area contributed by atoms with E-state index in [9.17, 15) is 4.79 Å². The molecule has 1 atom stereocenters. The molecular weight excluding hydrogens is 212 g/mol. The average Bonchev–Trinajstić information content (AvgIpc) is 2.18. The van der Waals surface area contributed by atoms with Crippen LogP contribution in [0.15, 0.2) is 0 Å². The van der Waals surface area contributed by atoms with Crippen molar-refractivity contribution in [2.75, 3.05) is 0 Å². The largest absolute Gasteiger partial charge is 0.352 e. The highest BCUT2D eigenvalue weighted by molar-refractivity contribution is 5.85. The lowest BCUT2D eigenvalue weighted by molar-refractivity contribution is -0.124. The molecule has 90 valence electrons. The Hall–Kier alpha value is -0.280. The first-order valence-corrected chi connectivity index (χ1v) is 5.67. The number of rotatable bonds is 3. The number of hydrogen-bond acceptors (Lipinski definition) is 2. The molecule has 0 bridgehead atoms. The SMILES string of the molecule is CC(C)C(N)C(=O)NC1CCCCC1.Cl. The normalized spacial score (nSPS) is 19.5. The van der Waals surface area contributed by atoms with Crippen LogP contribution in [-0.2, 0) is 4.79 Å². The Bertz CT molecular complexity index is 191. The van der Waals surface area contributed by atoms with Gasteiger partial charge in [0.25, 0.3) is 0 Å². The van der Waals surface area contributed by atoms with E-state index in [2.05, 4.69) is 5.32 Å². The quantitative estimate of drug-likeness (QED) is 0.783. The van der Waals surface area contributed by atoms with Gasteiger partial charge < -0.3 is 11.1 Å². The molecule has 1 aliphatic carbocycles. The van der Waals surface area contributed by atoms with Gasteiger partial charge in [-0.25, -0.2) is 0 Å². The summed E-state index contributed by atoms with van der Waals surface area (Å²) in [5, 5.41) is 3.04. The Morgan fingerprint density at radius 3 is 2.27 bits per heavy atom. The molecule has 0 aromatic carbocycles. The Balaban J connectivity index is 0.00000196. The third-order valence-electron chi connectivity index (χ3n) is 2.97. The number of carbonyl (C=O) groups is 1. The molecule has 1 unspecified atom stereocenters. The first-order valence-electron chi connectivity index (χ1n) is 5.67. The minimum atomic E-state index is -0.350. The lowest BCUT2D eigenvalue weighted by Gasteiger charge is -2.25. The first-order chi connectivity index (χ1) is 6.61. The minimum absolute atomic E-state index is 0. The molecule has 1 saturated carbocycles. The minimum Gasteiger partial charge on any atom is -0.352 e. The lowest BCUT2D eigenvalue weighted by Crippen LogP contribution is -2.48. The number of carbonyl (C=O) groups excluding carboxylic acids is 1. The van der Waals surface area contributed by atoms with E-state index >= 15 is 0 Å². The van der Waals surface area contributed by atoms with Gasteiger partial charge in [0, 0.05) is 6.04 Å². The molecule has 0 aliphatic heterocycles. The number of amides is 1. The lowest BCUT2D eigenvalue weighted by atomic mass is 9.94. The maximum atomic E-state index is 11.6. The van der Waals surface area contributed by atoms with Gasteiger partial charge in [-0.15, -0.1) is 12.4 Å². The molecule has 15 heavy (non-hydrogen) atoms. The second-order valence-electron chi connectivity index (χ2n) is 4.61. The van der Waals surface area contributed by atoms with Crippen LogP contribution in [0.2, 0.25) is 0 Å². The van der Waals surface area contributed by atoms with Crippen LogP contribution in [0.3, 0.4) is 0 Å². The van der Waals surface area contributed by atoms with Crippen molar-refractivity contribution in [1.29, 1.82) is 0 Å². The monoisotopic (exact) mass is 234 g/mol. The summed E-state index contributed by atoms with van der Waals surface area (Å²) in [5.74, 6) is 0.241. The molecule has 3 N–H and O–H groups in total. The van der Waals surface area contributed by atoms with Gasteiger partial charge in [-0.1, -0.05) is 33.1 Å². The van der Waals surface area contributed by atoms with Crippen molar-refractivity contribution >= 4 is 18.3 Å². The Morgan fingerprint density at radius 2 is 1.80 bits per heavy atom. The zero-order valence-electron chi connectivity index (χ0n) is 9.66. The standard InChI is InChI=1S/C11H22N2O.ClH/c1-8(2)10(12)11(14)13-9-6-4-3-5-7-9;/h8-10H,3-7,12H2,1-2H3,(H,13,14);1H. The summed E-state index contributed by atoms with van der Waals surface area (Å²) in [5.41, 5.74) is 5.77. The number of hydrogen-bond donors (Lipinski definition) is 2. The van der Waals surface area contributed by atoms with E-state index in [0.717, 1.165) is 12.8 Å². The second kappa shape index (κ2) is 7.07. The second-order valence-corrected chi connectivity index (χ2v) is 4.61. The van der Waals surface area contributed by atoms with E-state index in [1.807, 2.05) is 13.8 Å². The predicted octanol–water partition coefficient (Wildman–Crippen LogP) is 1.84. The van der Waals surface area contributed by atoms with E-state index < -0.39 is 0 Å². The van der Waals surface area contributed by atoms with E-state index in [4.69, 9.17) is 5.73 Å². The third-order valence-corrected chi connectivity index (χ3v) is 2.97. The van der Waals surface area contributed by atoms with Gasteiger partial charge in [-0.05, 0) is 18.8 Å². The van der Waals surface area contributed by atoms with Gasteiger partial charge in [0.15, 0.2) is 0 Å². The highest BCUT2D eigenvalue weighted by atomic mass is 35.5. The summed E-state index contributed by atoms with van der Waals surface area (Å²) in [4.78, 5) is 11.6. The van der Waals surface area contributed by atoms with Crippen molar-refractivity contribution in [3.63, 3.8) is 0 Å². The maximum absolute atomic E-state index is 11.6. The Morgan fingerprint density at radius 1 is 1.27 bits per heavy atom. The van der Waals surface area contributed by atoms with E-state index in [1.54, 1.807) is 0 Å². The fourth-order valence-corrected chi connectivity index (χ4v) is 1.85. The third kappa shape index (κ3) is 4.85. The summed E-state index contributed by atoms with van der Waals surface area (Å²) in [6.07, 6.45) is 6.03. The Labute approximate surface area is 98.6 Å². The molecule has 4 heteroatoms. The van der Waals surface area contributed by atoms with Crippen LogP contribution in [0, 0.1) is 5.92 Å². The van der Waals surface area contributed by atoms with Gasteiger partial charge in [0.1, 0.15) is 0 Å². The van der Waals surface area contributed by atoms with E-state index in [-0.39, 0.29) is 30.3 Å². The van der Waals surface area contributed by atoms with Gasteiger partial charge >= 0.3 is 0 Å². The molecule has 0 aromatic heterocycles. The average molecular weight is 235 g/mol. The van der Waals surface area contributed by atoms with E-state index in [1.165, 1.54) is 19.3 Å². The van der Waals surface area contributed by atoms with Crippen LogP contribution in [0.1, 0.15) is 46.0 Å². The molecule has 1 fully saturated rings. The summed E-state index contributed by atoms with van der Waals surface area (Å²) in [7, 11) is 0. The molecular formula is C11H23ClN2O. The highest BCUT2D eigenvalue weighted by Gasteiger charge is 2.21. The fourth-order valence-electron chi connectivity index (χ4n) is 1.85. The predicted molar refractivity (Wildman–Crippen MR) is 65.1 cm³/mol. The maximum Gasteiger partial charge on any atom is 0.237 e. The summed E-state index contributed by atoms with van der Waals surface area (Å²) >= 11 is 0. The molecule has 0 radical (unpaired) electrons. The van der Waals surface area contributed by atoms with Gasteiger partial charge in [0.2, 0.25) is 5.91 Å². The number of nitrogens with one attached hydrogen (secondary N) is 1. The molecule has 1 amide bonds. The van der Waals surface area contributed by atoms with E-state index in [0.29, 0.717) is 6.04 Å². The van der Waals surface area contributed by atoms with Crippen molar-refractivity contribution in [2.45, 2.75) is 58.0 Å². The van der Waals surface area contributed by atoms with Crippen LogP contribution in [0.5, 0.6) is 0 Å². The summed E-state index contributed by atoms with van der Waals surface area (Å²) in [6.45, 7) is 3.95. The van der Waals surface area contributed by atoms with Crippen molar-refractivity contribution in [3.8, 4) is 0 Å². The van der Waals surface area contributed by atoms with Crippen molar-refractivity contribution in [1.82, 2.24) is 5.32 Å². The summed E-state index contributed by atoms with van der Waals surface area (Å²) < 4.78 is 0. The highest BCUT2D eigenvalue weighted by Crippen LogP contribution is 2.17. The van der Waals surface area contributed by atoms with Gasteiger partial charge in [-0.3, -0.25) is 4.79 Å². The van der Waals surface area contributed by atoms with Crippen LogP contribution < -0.4 is 11.1 Å². The fraction of sp³-hybridized carbons (Fsp3) is 0.909. The van der Waals surface area contributed by atoms with Crippen LogP contribution in [0.25, 0.3) is 0 Å². The molecule has 3 nitrogen and oxygen atoms in total. The van der Waals surface area contributed by atoms with Crippen LogP contribution >= 0.6 is 12.4 Å². The molecule has 1 aliphatic rings. The zero-order chi connectivity index (χ0) is 10.6. The molecule has 0 saturated heterocycles. The zero-order valence-corrected chi connectivity index (χ0v) is 10.5. The summed E-state index contributed by atoms with van der Waals surface area (Å²) in [6, 6.07) is 0.0259. The van der Waals surface area contributed by atoms with Crippen molar-refractivity contribution in [3.05, 3.63) is 0 Å². The molecule has 0 spiro atoms. The molecule has 0 heterocycles.